The lowest BCUT2D eigenvalue weighted by Gasteiger charge is -2.46. The first kappa shape index (κ1) is 23.4. The molecule has 0 bridgehead atoms. The Bertz CT molecular complexity index is 1140. The minimum absolute atomic E-state index is 0.00920. The molecule has 2 saturated heterocycles. The van der Waals surface area contributed by atoms with Gasteiger partial charge in [-0.3, -0.25) is 15.1 Å². The van der Waals surface area contributed by atoms with Crippen molar-refractivity contribution in [3.8, 4) is 0 Å². The van der Waals surface area contributed by atoms with E-state index in [0.29, 0.717) is 17.2 Å². The molecule has 1 unspecified atom stereocenters. The zero-order valence-electron chi connectivity index (χ0n) is 17.5. The number of nitrogens with one attached hydrogen (secondary N) is 1. The van der Waals surface area contributed by atoms with Gasteiger partial charge < -0.3 is 4.90 Å². The van der Waals surface area contributed by atoms with E-state index in [-0.39, 0.29) is 35.6 Å². The Morgan fingerprint density at radius 2 is 1.79 bits per heavy atom. The minimum Gasteiger partial charge on any atom is -0.335 e. The molecular formula is C23H18ClF5N2O2S. The second-order valence-corrected chi connectivity index (χ2v) is 10.1. The number of hydrogen-bond acceptors (Lipinski definition) is 4. The Kier molecular flexibility index (Phi) is 5.61. The number of amides is 1. The highest BCUT2D eigenvalue weighted by Crippen LogP contribution is 2.48. The van der Waals surface area contributed by atoms with Crippen LogP contribution in [-0.4, -0.2) is 41.6 Å². The maximum atomic E-state index is 15.3. The predicted molar refractivity (Wildman–Crippen MR) is 118 cm³/mol. The lowest BCUT2D eigenvalue weighted by atomic mass is 9.86. The van der Waals surface area contributed by atoms with Crippen molar-refractivity contribution in [1.29, 1.82) is 0 Å². The number of carbonyl (C=O) groups is 1. The predicted octanol–water partition coefficient (Wildman–Crippen LogP) is 5.18. The van der Waals surface area contributed by atoms with E-state index < -0.39 is 28.8 Å². The first-order valence-corrected chi connectivity index (χ1v) is 11.9. The number of benzene rings is 2. The molecule has 2 fully saturated rings. The number of hydrogen-bond donors (Lipinski definition) is 1. The van der Waals surface area contributed by atoms with Gasteiger partial charge in [0.05, 0.1) is 24.7 Å². The quantitative estimate of drug-likeness (QED) is 0.569. The Morgan fingerprint density at radius 3 is 2.35 bits per heavy atom. The monoisotopic (exact) mass is 516 g/mol. The first-order chi connectivity index (χ1) is 16.0. The van der Waals surface area contributed by atoms with Gasteiger partial charge in [0.2, 0.25) is 11.5 Å². The molecule has 5 rings (SSSR count). The molecule has 1 atom stereocenters. The SMILES string of the molecule is O=C(C1CSC1)N1CC(F)(c2ccc(C3=CC(c4cc(F)cc(Cl)c4)(C(F)(F)F)ON3)cc2)C1. The van der Waals surface area contributed by atoms with Crippen molar-refractivity contribution in [1.82, 2.24) is 10.4 Å². The zero-order chi connectivity index (χ0) is 24.3. The molecular weight excluding hydrogens is 499 g/mol. The molecule has 180 valence electrons. The lowest BCUT2D eigenvalue weighted by Crippen LogP contribution is -2.61. The van der Waals surface area contributed by atoms with Crippen LogP contribution in [0.15, 0.2) is 48.5 Å². The fraction of sp³-hybridized carbons (Fsp3) is 0.348. The van der Waals surface area contributed by atoms with Crippen LogP contribution in [0.25, 0.3) is 5.70 Å². The van der Waals surface area contributed by atoms with E-state index in [9.17, 15) is 22.4 Å². The highest BCUT2D eigenvalue weighted by molar-refractivity contribution is 8.00. The number of nitrogens with zero attached hydrogens (tertiary/aromatic N) is 1. The summed E-state index contributed by atoms with van der Waals surface area (Å²) in [6, 6.07) is 8.49. The van der Waals surface area contributed by atoms with Gasteiger partial charge in [0.1, 0.15) is 5.82 Å². The van der Waals surface area contributed by atoms with Gasteiger partial charge in [-0.25, -0.2) is 8.78 Å². The number of rotatable bonds is 4. The normalized spacial score (nSPS) is 24.2. The summed E-state index contributed by atoms with van der Waals surface area (Å²) in [6.07, 6.45) is -4.12. The van der Waals surface area contributed by atoms with Crippen molar-refractivity contribution >= 4 is 35.0 Å². The molecule has 0 radical (unpaired) electrons. The molecule has 0 aliphatic carbocycles. The minimum atomic E-state index is -4.93. The molecule has 0 saturated carbocycles. The Hall–Kier alpha value is -2.30. The standard InChI is InChI=1S/C23H18ClF5N2O2S/c24-17-5-16(6-18(25)7-17)22(23(27,28)29)8-19(30-33-22)13-1-3-15(4-2-13)21(26)11-31(12-21)20(32)14-9-34-10-14/h1-8,14,30H,9-12H2. The summed E-state index contributed by atoms with van der Waals surface area (Å²) >= 11 is 7.45. The van der Waals surface area contributed by atoms with Gasteiger partial charge in [0, 0.05) is 22.1 Å². The van der Waals surface area contributed by atoms with Crippen LogP contribution in [-0.2, 0) is 20.9 Å². The molecule has 1 N–H and O–H groups in total. The Morgan fingerprint density at radius 1 is 1.12 bits per heavy atom. The second-order valence-electron chi connectivity index (χ2n) is 8.63. The van der Waals surface area contributed by atoms with Gasteiger partial charge in [0.15, 0.2) is 5.67 Å². The van der Waals surface area contributed by atoms with Gasteiger partial charge in [-0.1, -0.05) is 35.9 Å². The maximum absolute atomic E-state index is 15.3. The fourth-order valence-electron chi connectivity index (χ4n) is 4.24. The summed E-state index contributed by atoms with van der Waals surface area (Å²) in [7, 11) is 0. The summed E-state index contributed by atoms with van der Waals surface area (Å²) < 4.78 is 71.2. The summed E-state index contributed by atoms with van der Waals surface area (Å²) in [5.41, 5.74) is -2.26. The fourth-order valence-corrected chi connectivity index (χ4v) is 5.21. The Balaban J connectivity index is 1.38. The van der Waals surface area contributed by atoms with Crippen molar-refractivity contribution in [2.45, 2.75) is 17.4 Å². The van der Waals surface area contributed by atoms with Gasteiger partial charge in [-0.15, -0.1) is 0 Å². The number of halogens is 6. The molecule has 0 spiro atoms. The Labute approximate surface area is 201 Å². The molecule has 34 heavy (non-hydrogen) atoms. The van der Waals surface area contributed by atoms with Crippen molar-refractivity contribution in [2.24, 2.45) is 5.92 Å². The van der Waals surface area contributed by atoms with Crippen LogP contribution >= 0.6 is 23.4 Å². The average molecular weight is 517 g/mol. The highest BCUT2D eigenvalue weighted by Gasteiger charge is 2.60. The first-order valence-electron chi connectivity index (χ1n) is 10.4. The van der Waals surface area contributed by atoms with E-state index in [2.05, 4.69) is 5.48 Å². The molecule has 0 aromatic heterocycles. The van der Waals surface area contributed by atoms with Crippen LogP contribution in [0.3, 0.4) is 0 Å². The number of likely N-dealkylation sites (tertiary alicyclic amines) is 1. The van der Waals surface area contributed by atoms with Crippen LogP contribution in [0.2, 0.25) is 5.02 Å². The summed E-state index contributed by atoms with van der Waals surface area (Å²) in [6.45, 7) is -0.0954. The maximum Gasteiger partial charge on any atom is 0.428 e. The van der Waals surface area contributed by atoms with Crippen LogP contribution in [0.1, 0.15) is 16.7 Å². The molecule has 3 aliphatic rings. The smallest absolute Gasteiger partial charge is 0.335 e. The van der Waals surface area contributed by atoms with Gasteiger partial charge in [0.25, 0.3) is 0 Å². The molecule has 3 heterocycles. The molecule has 1 amide bonds. The van der Waals surface area contributed by atoms with Crippen molar-refractivity contribution in [3.05, 3.63) is 76.1 Å². The third-order valence-corrected chi connectivity index (χ3v) is 7.77. The van der Waals surface area contributed by atoms with E-state index in [0.717, 1.165) is 29.7 Å². The van der Waals surface area contributed by atoms with E-state index in [4.69, 9.17) is 16.4 Å². The lowest BCUT2D eigenvalue weighted by molar-refractivity contribution is -0.269. The third-order valence-electron chi connectivity index (χ3n) is 6.28. The summed E-state index contributed by atoms with van der Waals surface area (Å²) in [5.74, 6) is 0.503. The molecule has 2 aromatic carbocycles. The second kappa shape index (κ2) is 8.13. The van der Waals surface area contributed by atoms with Crippen LogP contribution in [0.4, 0.5) is 22.0 Å². The van der Waals surface area contributed by atoms with Gasteiger partial charge >= 0.3 is 6.18 Å². The number of alkyl halides is 4. The topological polar surface area (TPSA) is 41.6 Å². The van der Waals surface area contributed by atoms with Crippen LogP contribution in [0.5, 0.6) is 0 Å². The molecule has 4 nitrogen and oxygen atoms in total. The summed E-state index contributed by atoms with van der Waals surface area (Å²) in [4.78, 5) is 18.7. The number of carbonyl (C=O) groups excluding carboxylic acids is 1. The van der Waals surface area contributed by atoms with Crippen molar-refractivity contribution < 1.29 is 31.6 Å². The van der Waals surface area contributed by atoms with Crippen molar-refractivity contribution in [3.63, 3.8) is 0 Å². The van der Waals surface area contributed by atoms with E-state index in [1.807, 2.05) is 0 Å². The van der Waals surface area contributed by atoms with Crippen LogP contribution < -0.4 is 5.48 Å². The van der Waals surface area contributed by atoms with E-state index in [1.54, 1.807) is 11.8 Å². The average Bonchev–Trinajstić information content (AvgIpc) is 3.16. The third kappa shape index (κ3) is 3.85. The number of thioether (sulfide) groups is 1. The molecule has 2 aromatic rings. The van der Waals surface area contributed by atoms with E-state index in [1.165, 1.54) is 29.2 Å². The van der Waals surface area contributed by atoms with Gasteiger partial charge in [-0.05, 0) is 35.4 Å². The van der Waals surface area contributed by atoms with Gasteiger partial charge in [-0.2, -0.15) is 24.9 Å². The number of hydroxylamine groups is 1. The summed E-state index contributed by atoms with van der Waals surface area (Å²) in [5, 5.41) is -0.203. The highest BCUT2D eigenvalue weighted by atomic mass is 35.5. The van der Waals surface area contributed by atoms with E-state index >= 15 is 4.39 Å². The molecule has 11 heteroatoms. The van der Waals surface area contributed by atoms with Crippen molar-refractivity contribution in [2.75, 3.05) is 24.6 Å². The zero-order valence-corrected chi connectivity index (χ0v) is 19.0. The molecule has 3 aliphatic heterocycles. The largest absolute Gasteiger partial charge is 0.428 e. The van der Waals surface area contributed by atoms with Crippen LogP contribution in [0, 0.1) is 11.7 Å².